The molecule has 17 nitrogen and oxygen atoms in total. The summed E-state index contributed by atoms with van der Waals surface area (Å²) in [6, 6.07) is 0. The predicted octanol–water partition coefficient (Wildman–Crippen LogP) is 24.0. The number of allylic oxidation sites excluding steroid dienone is 12. The molecular formula is C83H150O17P2. The van der Waals surface area contributed by atoms with Crippen LogP contribution >= 0.6 is 15.6 Å². The van der Waals surface area contributed by atoms with Gasteiger partial charge in [-0.25, -0.2) is 9.13 Å². The molecule has 0 saturated carbocycles. The van der Waals surface area contributed by atoms with Gasteiger partial charge in [-0.15, -0.1) is 0 Å². The first-order valence-corrected chi connectivity index (χ1v) is 44.2. The zero-order valence-electron chi connectivity index (χ0n) is 65.0. The molecule has 0 saturated heterocycles. The third-order valence-corrected chi connectivity index (χ3v) is 19.6. The van der Waals surface area contributed by atoms with Crippen LogP contribution in [0.15, 0.2) is 72.9 Å². The number of aliphatic hydroxyl groups excluding tert-OH is 1. The molecule has 594 valence electrons. The second-order valence-electron chi connectivity index (χ2n) is 27.7. The van der Waals surface area contributed by atoms with Gasteiger partial charge in [0.1, 0.15) is 19.3 Å². The van der Waals surface area contributed by atoms with E-state index >= 15 is 0 Å². The fourth-order valence-electron chi connectivity index (χ4n) is 11.4. The molecule has 0 bridgehead atoms. The number of rotatable bonds is 78. The summed E-state index contributed by atoms with van der Waals surface area (Å²) in [7, 11) is -9.96. The zero-order valence-corrected chi connectivity index (χ0v) is 66.8. The average Bonchev–Trinajstić information content (AvgIpc) is 0.907. The van der Waals surface area contributed by atoms with E-state index in [9.17, 15) is 43.2 Å². The van der Waals surface area contributed by atoms with Crippen LogP contribution in [0.3, 0.4) is 0 Å². The maximum Gasteiger partial charge on any atom is 0.472 e. The lowest BCUT2D eigenvalue weighted by molar-refractivity contribution is -0.161. The molecule has 0 radical (unpaired) electrons. The standard InChI is InChI=1S/C83H150O17P2/c1-5-9-13-17-21-25-29-33-36-38-41-45-48-52-56-60-64-68-81(86)94-73-78(99-82(87)69-65-61-57-53-49-43-32-28-24-20-16-12-8-4)75-97-101(89,90)95-71-77(84)72-96-102(91,92)98-76-79(74-93-80(85)67-63-59-55-51-47-44-40-35-31-27-23-19-15-11-7-3)100-83(88)70-66-62-58-54-50-46-42-39-37-34-30-26-22-18-14-10-6-2/h22-23,26-27,34-35,37,40,42,46,54,58,77-79,84H,5-21,24-25,28-33,36,38-39,41,43-45,47-53,55-57,59-76H2,1-4H3,(H,89,90)(H,91,92)/b26-22-,27-23-,37-34-,40-35-,46-42-,58-54-/t77-,78-,79-/m1/s1. The molecule has 0 aromatic carbocycles. The molecule has 102 heavy (non-hydrogen) atoms. The van der Waals surface area contributed by atoms with Crippen LogP contribution in [0.25, 0.3) is 0 Å². The highest BCUT2D eigenvalue weighted by molar-refractivity contribution is 7.47. The van der Waals surface area contributed by atoms with Gasteiger partial charge in [0.25, 0.3) is 0 Å². The normalized spacial score (nSPS) is 14.2. The molecule has 0 aliphatic heterocycles. The minimum Gasteiger partial charge on any atom is -0.462 e. The number of ether oxygens (including phenoxy) is 4. The van der Waals surface area contributed by atoms with E-state index < -0.39 is 97.5 Å². The van der Waals surface area contributed by atoms with Crippen molar-refractivity contribution in [2.24, 2.45) is 0 Å². The Kier molecular flexibility index (Phi) is 73.1. The molecule has 0 fully saturated rings. The van der Waals surface area contributed by atoms with Crippen molar-refractivity contribution < 1.29 is 80.2 Å². The fourth-order valence-corrected chi connectivity index (χ4v) is 12.9. The Morgan fingerprint density at radius 3 is 0.794 bits per heavy atom. The number of carbonyl (C=O) groups is 4. The van der Waals surface area contributed by atoms with Crippen molar-refractivity contribution in [1.29, 1.82) is 0 Å². The molecular weight excluding hydrogens is 1330 g/mol. The maximum absolute atomic E-state index is 13.1. The lowest BCUT2D eigenvalue weighted by atomic mass is 10.0. The summed E-state index contributed by atoms with van der Waals surface area (Å²) in [4.78, 5) is 73.0. The summed E-state index contributed by atoms with van der Waals surface area (Å²) in [6.07, 6.45) is 77.4. The van der Waals surface area contributed by atoms with Crippen LogP contribution in [0.4, 0.5) is 0 Å². The first-order chi connectivity index (χ1) is 49.7. The first-order valence-electron chi connectivity index (χ1n) is 41.2. The number of hydrogen-bond donors (Lipinski definition) is 3. The molecule has 3 N–H and O–H groups in total. The number of hydrogen-bond acceptors (Lipinski definition) is 15. The number of phosphoric acid groups is 2. The highest BCUT2D eigenvalue weighted by Gasteiger charge is 2.30. The summed E-state index contributed by atoms with van der Waals surface area (Å²) in [6.45, 7) is 4.82. The van der Waals surface area contributed by atoms with Crippen molar-refractivity contribution in [2.75, 3.05) is 39.6 Å². The Bertz CT molecular complexity index is 2210. The third-order valence-electron chi connectivity index (χ3n) is 17.7. The third kappa shape index (κ3) is 74.8. The molecule has 5 atom stereocenters. The van der Waals surface area contributed by atoms with Gasteiger partial charge in [-0.05, 0) is 96.3 Å². The number of phosphoric ester groups is 2. The van der Waals surface area contributed by atoms with Gasteiger partial charge in [0.2, 0.25) is 0 Å². The SMILES string of the molecule is CCCCC/C=C\C/C=C\C/C=C\C/C=C\CCCC(=O)O[C@H](COC(=O)CCCCCCC/C=C\C/C=C\CCCCC)COP(=O)(O)OC[C@H](O)COP(=O)(O)OC[C@@H](COC(=O)CCCCCCCCCCCCCCCCCCC)OC(=O)CCCCCCCCCCCCCCC. The zero-order chi connectivity index (χ0) is 74.6. The van der Waals surface area contributed by atoms with Crippen molar-refractivity contribution in [3.63, 3.8) is 0 Å². The molecule has 0 aliphatic rings. The van der Waals surface area contributed by atoms with Crippen LogP contribution in [-0.2, 0) is 65.4 Å². The van der Waals surface area contributed by atoms with Gasteiger partial charge in [0.05, 0.1) is 26.4 Å². The van der Waals surface area contributed by atoms with E-state index in [1.54, 1.807) is 0 Å². The molecule has 0 heterocycles. The van der Waals surface area contributed by atoms with Crippen LogP contribution in [-0.4, -0.2) is 96.7 Å². The van der Waals surface area contributed by atoms with Crippen molar-refractivity contribution in [1.82, 2.24) is 0 Å². The maximum atomic E-state index is 13.1. The highest BCUT2D eigenvalue weighted by atomic mass is 31.2. The molecule has 2 unspecified atom stereocenters. The van der Waals surface area contributed by atoms with Crippen molar-refractivity contribution in [2.45, 2.75) is 393 Å². The number of unbranched alkanes of at least 4 members (excludes halogenated alkanes) is 40. The molecule has 0 rings (SSSR count). The Hall–Kier alpha value is -3.50. The minimum absolute atomic E-state index is 0.0186. The Morgan fingerprint density at radius 2 is 0.490 bits per heavy atom. The van der Waals surface area contributed by atoms with Crippen LogP contribution in [0.1, 0.15) is 374 Å². The minimum atomic E-state index is -4.99. The van der Waals surface area contributed by atoms with Crippen molar-refractivity contribution >= 4 is 39.5 Å². The molecule has 0 amide bonds. The summed E-state index contributed by atoms with van der Waals surface area (Å²) in [5.74, 6) is -2.22. The number of carbonyl (C=O) groups excluding carboxylic acids is 4. The Labute approximate surface area is 622 Å². The quantitative estimate of drug-likeness (QED) is 0.0169. The smallest absolute Gasteiger partial charge is 0.462 e. The summed E-state index contributed by atoms with van der Waals surface area (Å²) in [5.41, 5.74) is 0. The first kappa shape index (κ1) is 98.5. The van der Waals surface area contributed by atoms with E-state index in [1.165, 1.54) is 173 Å². The van der Waals surface area contributed by atoms with Gasteiger partial charge in [0, 0.05) is 25.7 Å². The van der Waals surface area contributed by atoms with Crippen molar-refractivity contribution in [3.05, 3.63) is 72.9 Å². The van der Waals surface area contributed by atoms with E-state index in [1.807, 2.05) is 12.2 Å². The number of esters is 4. The average molecular weight is 1480 g/mol. The fraction of sp³-hybridized carbons (Fsp3) is 0.807. The highest BCUT2D eigenvalue weighted by Crippen LogP contribution is 2.45. The van der Waals surface area contributed by atoms with Gasteiger partial charge >= 0.3 is 39.5 Å². The Morgan fingerprint density at radius 1 is 0.275 bits per heavy atom. The van der Waals surface area contributed by atoms with Gasteiger partial charge in [0.15, 0.2) is 12.2 Å². The van der Waals surface area contributed by atoms with Gasteiger partial charge in [-0.3, -0.25) is 37.3 Å². The molecule has 19 heteroatoms. The van der Waals surface area contributed by atoms with E-state index in [0.717, 1.165) is 116 Å². The van der Waals surface area contributed by atoms with E-state index in [2.05, 4.69) is 88.5 Å². The van der Waals surface area contributed by atoms with Gasteiger partial charge < -0.3 is 33.8 Å². The number of aliphatic hydroxyl groups is 1. The molecule has 0 aromatic heterocycles. The second kappa shape index (κ2) is 75.7. The lowest BCUT2D eigenvalue weighted by Crippen LogP contribution is -2.30. The largest absolute Gasteiger partial charge is 0.472 e. The van der Waals surface area contributed by atoms with Crippen LogP contribution in [0.5, 0.6) is 0 Å². The lowest BCUT2D eigenvalue weighted by Gasteiger charge is -2.21. The summed E-state index contributed by atoms with van der Waals surface area (Å²) in [5, 5.41) is 10.6. The predicted molar refractivity (Wildman–Crippen MR) is 418 cm³/mol. The van der Waals surface area contributed by atoms with Crippen molar-refractivity contribution in [3.8, 4) is 0 Å². The monoisotopic (exact) mass is 1480 g/mol. The van der Waals surface area contributed by atoms with Gasteiger partial charge in [-0.2, -0.15) is 0 Å². The van der Waals surface area contributed by atoms with Gasteiger partial charge in [-0.1, -0.05) is 325 Å². The van der Waals surface area contributed by atoms with E-state index in [-0.39, 0.29) is 25.7 Å². The topological polar surface area (TPSA) is 237 Å². The Balaban J connectivity index is 5.37. The molecule has 0 aromatic rings. The molecule has 0 aliphatic carbocycles. The molecule has 0 spiro atoms. The van der Waals surface area contributed by atoms with E-state index in [4.69, 9.17) is 37.0 Å². The van der Waals surface area contributed by atoms with Crippen LogP contribution < -0.4 is 0 Å². The summed E-state index contributed by atoms with van der Waals surface area (Å²) < 4.78 is 68.6. The summed E-state index contributed by atoms with van der Waals surface area (Å²) >= 11 is 0. The van der Waals surface area contributed by atoms with Crippen LogP contribution in [0.2, 0.25) is 0 Å². The second-order valence-corrected chi connectivity index (χ2v) is 30.6. The van der Waals surface area contributed by atoms with E-state index in [0.29, 0.717) is 32.1 Å². The van der Waals surface area contributed by atoms with Crippen LogP contribution in [0, 0.1) is 0 Å².